The molecule has 0 aliphatic carbocycles. The van der Waals surface area contributed by atoms with Crippen LogP contribution in [0.15, 0.2) is 24.3 Å². The molecule has 0 N–H and O–H groups in total. The summed E-state index contributed by atoms with van der Waals surface area (Å²) in [7, 11) is 0. The van der Waals surface area contributed by atoms with E-state index in [4.69, 9.17) is 0 Å². The lowest BCUT2D eigenvalue weighted by atomic mass is 10.3. The fourth-order valence-electron chi connectivity index (χ4n) is 0.392. The van der Waals surface area contributed by atoms with E-state index in [0.29, 0.717) is 6.42 Å². The Bertz CT molecular complexity index is 132. The summed E-state index contributed by atoms with van der Waals surface area (Å²) in [5, 5.41) is 0. The number of hydrogen-bond acceptors (Lipinski definition) is 1. The van der Waals surface area contributed by atoms with Crippen LogP contribution in [0.5, 0.6) is 0 Å². The van der Waals surface area contributed by atoms with Crippen LogP contribution in [-0.2, 0) is 4.79 Å². The van der Waals surface area contributed by atoms with Crippen LogP contribution in [0.3, 0.4) is 0 Å². The molecule has 0 bridgehead atoms. The number of allylic oxidation sites excluding steroid dienone is 4. The molecule has 0 amide bonds. The molecule has 0 unspecified atom stereocenters. The predicted octanol–water partition coefficient (Wildman–Crippen LogP) is 2.10. The predicted molar refractivity (Wildman–Crippen MR) is 39.3 cm³/mol. The van der Waals surface area contributed by atoms with Crippen molar-refractivity contribution in [2.24, 2.45) is 0 Å². The first-order valence-electron chi connectivity index (χ1n) is 3.13. The fraction of sp³-hybridized carbons (Fsp3) is 0.375. The van der Waals surface area contributed by atoms with Crippen LogP contribution >= 0.6 is 0 Å². The van der Waals surface area contributed by atoms with Gasteiger partial charge in [0.15, 0.2) is 5.78 Å². The van der Waals surface area contributed by atoms with Gasteiger partial charge in [0.1, 0.15) is 0 Å². The van der Waals surface area contributed by atoms with Gasteiger partial charge < -0.3 is 0 Å². The first-order chi connectivity index (χ1) is 4.31. The lowest BCUT2D eigenvalue weighted by Crippen LogP contribution is -1.85. The average Bonchev–Trinajstić information content (AvgIpc) is 1.89. The molecule has 0 radical (unpaired) electrons. The summed E-state index contributed by atoms with van der Waals surface area (Å²) in [6.45, 7) is 3.77. The van der Waals surface area contributed by atoms with Crippen LogP contribution in [0.25, 0.3) is 0 Å². The van der Waals surface area contributed by atoms with Crippen LogP contribution in [0.1, 0.15) is 20.3 Å². The summed E-state index contributed by atoms with van der Waals surface area (Å²) in [5.41, 5.74) is 0. The zero-order valence-electron chi connectivity index (χ0n) is 5.92. The van der Waals surface area contributed by atoms with Gasteiger partial charge >= 0.3 is 0 Å². The van der Waals surface area contributed by atoms with E-state index in [1.54, 1.807) is 12.2 Å². The Balaban J connectivity index is 3.57. The lowest BCUT2D eigenvalue weighted by Gasteiger charge is -1.79. The lowest BCUT2D eigenvalue weighted by molar-refractivity contribution is -0.114. The monoisotopic (exact) mass is 124 g/mol. The molecular weight excluding hydrogens is 112 g/mol. The van der Waals surface area contributed by atoms with Crippen molar-refractivity contribution in [3.8, 4) is 0 Å². The normalized spacial score (nSPS) is 11.3. The highest BCUT2D eigenvalue weighted by Crippen LogP contribution is 1.83. The Labute approximate surface area is 56.1 Å². The van der Waals surface area contributed by atoms with Gasteiger partial charge in [0.25, 0.3) is 0 Å². The molecule has 0 spiro atoms. The quantitative estimate of drug-likeness (QED) is 0.416. The topological polar surface area (TPSA) is 17.1 Å². The molecule has 0 atom stereocenters. The second kappa shape index (κ2) is 5.29. The van der Waals surface area contributed by atoms with Gasteiger partial charge in [-0.15, -0.1) is 0 Å². The highest BCUT2D eigenvalue weighted by Gasteiger charge is 1.84. The zero-order chi connectivity index (χ0) is 7.11. The van der Waals surface area contributed by atoms with Crippen LogP contribution in [0.4, 0.5) is 0 Å². The summed E-state index contributed by atoms with van der Waals surface area (Å²) < 4.78 is 0. The van der Waals surface area contributed by atoms with Crippen molar-refractivity contribution in [2.75, 3.05) is 0 Å². The second-order valence-electron chi connectivity index (χ2n) is 1.70. The molecule has 0 aliphatic rings. The van der Waals surface area contributed by atoms with Gasteiger partial charge in [0.2, 0.25) is 0 Å². The Kier molecular flexibility index (Phi) is 4.79. The van der Waals surface area contributed by atoms with Crippen LogP contribution in [-0.4, -0.2) is 5.78 Å². The largest absolute Gasteiger partial charge is 0.295 e. The number of carbonyl (C=O) groups excluding carboxylic acids is 1. The number of rotatable bonds is 3. The van der Waals surface area contributed by atoms with E-state index in [2.05, 4.69) is 0 Å². The van der Waals surface area contributed by atoms with Crippen LogP contribution in [0, 0.1) is 0 Å². The van der Waals surface area contributed by atoms with Crippen molar-refractivity contribution in [1.82, 2.24) is 0 Å². The number of ketones is 1. The molecule has 50 valence electrons. The van der Waals surface area contributed by atoms with Gasteiger partial charge in [-0.3, -0.25) is 4.79 Å². The van der Waals surface area contributed by atoms with E-state index < -0.39 is 0 Å². The van der Waals surface area contributed by atoms with E-state index in [0.717, 1.165) is 0 Å². The van der Waals surface area contributed by atoms with E-state index >= 15 is 0 Å². The minimum Gasteiger partial charge on any atom is -0.295 e. The Morgan fingerprint density at radius 3 is 2.56 bits per heavy atom. The molecule has 0 aromatic heterocycles. The fourth-order valence-corrected chi connectivity index (χ4v) is 0.392. The van der Waals surface area contributed by atoms with E-state index in [1.807, 2.05) is 26.0 Å². The molecule has 0 heterocycles. The van der Waals surface area contributed by atoms with Gasteiger partial charge in [-0.25, -0.2) is 0 Å². The third-order valence-electron chi connectivity index (χ3n) is 0.934. The molecule has 0 aliphatic heterocycles. The number of carbonyl (C=O) groups is 1. The summed E-state index contributed by atoms with van der Waals surface area (Å²) >= 11 is 0. The molecule has 0 saturated carbocycles. The maximum absolute atomic E-state index is 10.6. The van der Waals surface area contributed by atoms with E-state index in [1.165, 1.54) is 0 Å². The molecule has 9 heavy (non-hydrogen) atoms. The first kappa shape index (κ1) is 8.15. The van der Waals surface area contributed by atoms with Crippen molar-refractivity contribution in [3.63, 3.8) is 0 Å². The Morgan fingerprint density at radius 2 is 2.11 bits per heavy atom. The van der Waals surface area contributed by atoms with Gasteiger partial charge in [-0.05, 0) is 13.0 Å². The summed E-state index contributed by atoms with van der Waals surface area (Å²) in [6.07, 6.45) is 7.66. The summed E-state index contributed by atoms with van der Waals surface area (Å²) in [6, 6.07) is 0. The van der Waals surface area contributed by atoms with Crippen LogP contribution < -0.4 is 0 Å². The number of hydrogen-bond donors (Lipinski definition) is 0. The third kappa shape index (κ3) is 5.01. The molecule has 0 saturated heterocycles. The molecule has 1 nitrogen and oxygen atoms in total. The van der Waals surface area contributed by atoms with Crippen molar-refractivity contribution < 1.29 is 4.79 Å². The second-order valence-corrected chi connectivity index (χ2v) is 1.70. The minimum atomic E-state index is 0.174. The Hall–Kier alpha value is -0.850. The summed E-state index contributed by atoms with van der Waals surface area (Å²) in [4.78, 5) is 10.6. The first-order valence-corrected chi connectivity index (χ1v) is 3.13. The Morgan fingerprint density at radius 1 is 1.44 bits per heavy atom. The summed E-state index contributed by atoms with van der Waals surface area (Å²) in [5.74, 6) is 0.174. The highest BCUT2D eigenvalue weighted by molar-refractivity contribution is 5.89. The highest BCUT2D eigenvalue weighted by atomic mass is 16.1. The van der Waals surface area contributed by atoms with Gasteiger partial charge in [-0.2, -0.15) is 0 Å². The zero-order valence-corrected chi connectivity index (χ0v) is 5.92. The van der Waals surface area contributed by atoms with Crippen molar-refractivity contribution >= 4 is 5.78 Å². The third-order valence-corrected chi connectivity index (χ3v) is 0.934. The van der Waals surface area contributed by atoms with Crippen molar-refractivity contribution in [1.29, 1.82) is 0 Å². The van der Waals surface area contributed by atoms with E-state index in [9.17, 15) is 4.79 Å². The van der Waals surface area contributed by atoms with Gasteiger partial charge in [0.05, 0.1) is 0 Å². The maximum atomic E-state index is 10.6. The van der Waals surface area contributed by atoms with Crippen molar-refractivity contribution in [3.05, 3.63) is 24.3 Å². The minimum absolute atomic E-state index is 0.174. The SMILES string of the molecule is CC=CC=CC(=O)CC. The molecule has 0 rings (SSSR count). The smallest absolute Gasteiger partial charge is 0.155 e. The van der Waals surface area contributed by atoms with Gasteiger partial charge in [-0.1, -0.05) is 25.2 Å². The molecule has 1 heteroatoms. The molecule has 0 fully saturated rings. The molecular formula is C8H12O. The average molecular weight is 124 g/mol. The van der Waals surface area contributed by atoms with Crippen LogP contribution in [0.2, 0.25) is 0 Å². The van der Waals surface area contributed by atoms with Gasteiger partial charge in [0, 0.05) is 6.42 Å². The van der Waals surface area contributed by atoms with E-state index in [-0.39, 0.29) is 5.78 Å². The van der Waals surface area contributed by atoms with Crippen molar-refractivity contribution in [2.45, 2.75) is 20.3 Å². The molecule has 0 aromatic carbocycles. The maximum Gasteiger partial charge on any atom is 0.155 e. The molecule has 0 aromatic rings. The standard InChI is InChI=1S/C8H12O/c1-3-5-6-7-8(9)4-2/h3,5-7H,4H2,1-2H3.